The van der Waals surface area contributed by atoms with Crippen LogP contribution in [0, 0.1) is 17.2 Å². The average Bonchev–Trinajstić information content (AvgIpc) is 3.23. The lowest BCUT2D eigenvalue weighted by Crippen LogP contribution is -2.49. The topological polar surface area (TPSA) is 87.8 Å². The molecule has 28 heavy (non-hydrogen) atoms. The second kappa shape index (κ2) is 8.26. The molecule has 0 saturated heterocycles. The van der Waals surface area contributed by atoms with Gasteiger partial charge in [-0.2, -0.15) is 5.26 Å². The van der Waals surface area contributed by atoms with E-state index >= 15 is 0 Å². The first-order valence-corrected chi connectivity index (χ1v) is 11.5. The smallest absolute Gasteiger partial charge is 0.263 e. The molecule has 0 saturated carbocycles. The van der Waals surface area contributed by atoms with Crippen molar-refractivity contribution in [1.82, 2.24) is 14.9 Å². The van der Waals surface area contributed by atoms with Crippen LogP contribution in [0.3, 0.4) is 0 Å². The van der Waals surface area contributed by atoms with Gasteiger partial charge in [0, 0.05) is 11.4 Å². The number of carbonyl (C=O) groups excluding carboxylic acids is 1. The first kappa shape index (κ1) is 20.9. The van der Waals surface area contributed by atoms with E-state index in [0.717, 1.165) is 35.9 Å². The summed E-state index contributed by atoms with van der Waals surface area (Å²) in [4.78, 5) is 32.4. The van der Waals surface area contributed by atoms with Crippen LogP contribution in [0.15, 0.2) is 9.95 Å². The molecule has 0 radical (unpaired) electrons. The number of aryl methyl sites for hydroxylation is 2. The van der Waals surface area contributed by atoms with Gasteiger partial charge in [0.15, 0.2) is 5.16 Å². The van der Waals surface area contributed by atoms with Crippen LogP contribution in [0.25, 0.3) is 10.2 Å². The van der Waals surface area contributed by atoms with E-state index in [9.17, 15) is 14.9 Å². The maximum atomic E-state index is 13.1. The first-order chi connectivity index (χ1) is 13.3. The number of hydrogen-bond donors (Lipinski definition) is 1. The minimum absolute atomic E-state index is 0.00676. The fraction of sp³-hybridized carbons (Fsp3) is 0.600. The minimum Gasteiger partial charge on any atom is -0.337 e. The number of thiophene rings is 1. The van der Waals surface area contributed by atoms with Crippen LogP contribution in [0.5, 0.6) is 0 Å². The SMILES string of the molecule is CCCn1c(SCC(=O)N[C@@](C)(C#N)C(C)C)nc2sc3c(c2c1=O)CCC3. The predicted octanol–water partition coefficient (Wildman–Crippen LogP) is 3.50. The van der Waals surface area contributed by atoms with Crippen LogP contribution >= 0.6 is 23.1 Å². The van der Waals surface area contributed by atoms with E-state index < -0.39 is 5.54 Å². The second-order valence-corrected chi connectivity index (χ2v) is 9.72. The van der Waals surface area contributed by atoms with Gasteiger partial charge in [-0.05, 0) is 44.1 Å². The standard InChI is InChI=1S/C20H26N4O2S2/c1-5-9-24-18(26)16-13-7-6-8-14(13)28-17(16)22-19(24)27-10-15(25)23-20(4,11-21)12(2)3/h12H,5-10H2,1-4H3,(H,23,25)/t20-/m0/s1. The number of aromatic nitrogens is 2. The van der Waals surface area contributed by atoms with E-state index in [1.165, 1.54) is 22.2 Å². The van der Waals surface area contributed by atoms with Crippen molar-refractivity contribution in [1.29, 1.82) is 5.26 Å². The van der Waals surface area contributed by atoms with Gasteiger partial charge in [-0.25, -0.2) is 4.98 Å². The third-order valence-corrected chi connectivity index (χ3v) is 7.52. The Hall–Kier alpha value is -1.85. The third-order valence-electron chi connectivity index (χ3n) is 5.36. The Labute approximate surface area is 173 Å². The van der Waals surface area contributed by atoms with E-state index in [1.807, 2.05) is 20.8 Å². The van der Waals surface area contributed by atoms with Crippen molar-refractivity contribution in [2.45, 2.75) is 70.6 Å². The zero-order valence-corrected chi connectivity index (χ0v) is 18.4. The quantitative estimate of drug-likeness (QED) is 0.549. The molecule has 0 fully saturated rings. The number of thioether (sulfide) groups is 1. The molecule has 2 aromatic heterocycles. The van der Waals surface area contributed by atoms with E-state index in [2.05, 4.69) is 11.4 Å². The highest BCUT2D eigenvalue weighted by Gasteiger charge is 2.30. The number of amides is 1. The number of nitriles is 1. The lowest BCUT2D eigenvalue weighted by Gasteiger charge is -2.27. The molecule has 6 nitrogen and oxygen atoms in total. The number of nitrogens with zero attached hydrogens (tertiary/aromatic N) is 3. The summed E-state index contributed by atoms with van der Waals surface area (Å²) >= 11 is 2.88. The Balaban J connectivity index is 1.87. The number of hydrogen-bond acceptors (Lipinski definition) is 6. The fourth-order valence-electron chi connectivity index (χ4n) is 3.35. The molecule has 1 aliphatic carbocycles. The van der Waals surface area contributed by atoms with E-state index in [0.29, 0.717) is 11.7 Å². The summed E-state index contributed by atoms with van der Waals surface area (Å²) in [6.07, 6.45) is 3.90. The Bertz CT molecular complexity index is 1000. The van der Waals surface area contributed by atoms with Crippen LogP contribution in [-0.4, -0.2) is 26.8 Å². The van der Waals surface area contributed by atoms with Crippen molar-refractivity contribution in [2.75, 3.05) is 5.75 Å². The molecule has 1 aliphatic rings. The van der Waals surface area contributed by atoms with E-state index in [4.69, 9.17) is 4.98 Å². The Morgan fingerprint density at radius 2 is 2.21 bits per heavy atom. The zero-order valence-electron chi connectivity index (χ0n) is 16.8. The number of carbonyl (C=O) groups is 1. The highest BCUT2D eigenvalue weighted by molar-refractivity contribution is 7.99. The fourth-order valence-corrected chi connectivity index (χ4v) is 5.47. The number of fused-ring (bicyclic) bond motifs is 3. The molecule has 0 aromatic carbocycles. The molecule has 0 aliphatic heterocycles. The van der Waals surface area contributed by atoms with Crippen LogP contribution in [-0.2, 0) is 24.2 Å². The summed E-state index contributed by atoms with van der Waals surface area (Å²) in [5.41, 5.74) is 0.281. The Kier molecular flexibility index (Phi) is 6.15. The molecule has 8 heteroatoms. The van der Waals surface area contributed by atoms with E-state index in [-0.39, 0.29) is 23.1 Å². The number of rotatable bonds is 7. The summed E-state index contributed by atoms with van der Waals surface area (Å²) in [6.45, 7) is 8.14. The third kappa shape index (κ3) is 3.83. The van der Waals surface area contributed by atoms with Crippen molar-refractivity contribution in [2.24, 2.45) is 5.92 Å². The molecule has 0 spiro atoms. The lowest BCUT2D eigenvalue weighted by atomic mass is 9.90. The zero-order chi connectivity index (χ0) is 20.5. The molecule has 0 bridgehead atoms. The van der Waals surface area contributed by atoms with Crippen LogP contribution in [0.4, 0.5) is 0 Å². The van der Waals surface area contributed by atoms with Gasteiger partial charge in [-0.1, -0.05) is 32.5 Å². The lowest BCUT2D eigenvalue weighted by molar-refractivity contribution is -0.120. The van der Waals surface area contributed by atoms with E-state index in [1.54, 1.807) is 22.8 Å². The minimum atomic E-state index is -0.910. The van der Waals surface area contributed by atoms with Crippen LogP contribution in [0.1, 0.15) is 51.0 Å². The van der Waals surface area contributed by atoms with Gasteiger partial charge in [0.2, 0.25) is 5.91 Å². The van der Waals surface area contributed by atoms with Crippen molar-refractivity contribution < 1.29 is 4.79 Å². The average molecular weight is 419 g/mol. The Morgan fingerprint density at radius 3 is 2.86 bits per heavy atom. The van der Waals surface area contributed by atoms with Crippen LogP contribution < -0.4 is 10.9 Å². The monoisotopic (exact) mass is 418 g/mol. The van der Waals surface area contributed by atoms with Gasteiger partial charge in [-0.15, -0.1) is 11.3 Å². The molecular formula is C20H26N4O2S2. The second-order valence-electron chi connectivity index (χ2n) is 7.69. The molecule has 1 atom stereocenters. The van der Waals surface area contributed by atoms with Gasteiger partial charge in [0.05, 0.1) is 17.2 Å². The van der Waals surface area contributed by atoms with Gasteiger partial charge >= 0.3 is 0 Å². The van der Waals surface area contributed by atoms with Crippen molar-refractivity contribution in [3.63, 3.8) is 0 Å². The molecule has 150 valence electrons. The molecule has 2 aromatic rings. The molecular weight excluding hydrogens is 392 g/mol. The van der Waals surface area contributed by atoms with Crippen molar-refractivity contribution in [3.8, 4) is 6.07 Å². The van der Waals surface area contributed by atoms with Crippen molar-refractivity contribution in [3.05, 3.63) is 20.8 Å². The summed E-state index contributed by atoms with van der Waals surface area (Å²) in [5.74, 6) is -0.113. The first-order valence-electron chi connectivity index (χ1n) is 9.70. The summed E-state index contributed by atoms with van der Waals surface area (Å²) in [6, 6.07) is 2.18. The Morgan fingerprint density at radius 1 is 1.46 bits per heavy atom. The maximum absolute atomic E-state index is 13.1. The largest absolute Gasteiger partial charge is 0.337 e. The highest BCUT2D eigenvalue weighted by atomic mass is 32.2. The van der Waals surface area contributed by atoms with Gasteiger partial charge in [-0.3, -0.25) is 14.2 Å². The molecule has 2 heterocycles. The van der Waals surface area contributed by atoms with Crippen LogP contribution in [0.2, 0.25) is 0 Å². The molecule has 3 rings (SSSR count). The molecule has 0 unspecified atom stereocenters. The normalized spacial score (nSPS) is 15.4. The summed E-state index contributed by atoms with van der Waals surface area (Å²) in [5, 5.41) is 13.6. The summed E-state index contributed by atoms with van der Waals surface area (Å²) < 4.78 is 1.71. The highest BCUT2D eigenvalue weighted by Crippen LogP contribution is 2.35. The number of nitrogens with one attached hydrogen (secondary N) is 1. The predicted molar refractivity (Wildman–Crippen MR) is 114 cm³/mol. The van der Waals surface area contributed by atoms with Gasteiger partial charge in [0.1, 0.15) is 10.4 Å². The maximum Gasteiger partial charge on any atom is 0.263 e. The summed E-state index contributed by atoms with van der Waals surface area (Å²) in [7, 11) is 0. The van der Waals surface area contributed by atoms with Gasteiger partial charge < -0.3 is 5.32 Å². The molecule has 1 N–H and O–H groups in total. The molecule has 1 amide bonds. The van der Waals surface area contributed by atoms with Crippen molar-refractivity contribution >= 4 is 39.2 Å². The van der Waals surface area contributed by atoms with Gasteiger partial charge in [0.25, 0.3) is 5.56 Å².